The molecule has 30 heavy (non-hydrogen) atoms. The van der Waals surface area contributed by atoms with Crippen LogP contribution in [-0.4, -0.2) is 5.91 Å². The van der Waals surface area contributed by atoms with Crippen molar-refractivity contribution in [1.82, 2.24) is 0 Å². The molecule has 6 heteroatoms. The standard InChI is InChI=1S/C24H16ClN3O2/c25-21-10-11-23(30-16-18-8-6-17(14-26)7-9-18)19(13-21)12-20(15-27)24(29)28-22-4-2-1-3-5-22/h1-13H,16H2,(H,28,29)/b20-12+. The van der Waals surface area contributed by atoms with E-state index in [1.54, 1.807) is 66.7 Å². The van der Waals surface area contributed by atoms with E-state index >= 15 is 0 Å². The molecule has 0 aromatic heterocycles. The largest absolute Gasteiger partial charge is 0.488 e. The maximum atomic E-state index is 12.5. The molecule has 3 aromatic rings. The summed E-state index contributed by atoms with van der Waals surface area (Å²) in [6.07, 6.45) is 1.44. The number of anilines is 1. The number of rotatable bonds is 6. The number of nitriles is 2. The monoisotopic (exact) mass is 413 g/mol. The third kappa shape index (κ3) is 5.48. The Morgan fingerprint density at radius 2 is 1.77 bits per heavy atom. The zero-order valence-corrected chi connectivity index (χ0v) is 16.6. The SMILES string of the molecule is N#C/C(=C\c1cc(Cl)ccc1OCc1ccc(C#N)cc1)C(=O)Nc1ccccc1. The van der Waals surface area contributed by atoms with Crippen molar-refractivity contribution in [3.63, 3.8) is 0 Å². The predicted molar refractivity (Wildman–Crippen MR) is 116 cm³/mol. The lowest BCUT2D eigenvalue weighted by molar-refractivity contribution is -0.112. The van der Waals surface area contributed by atoms with Gasteiger partial charge in [-0.2, -0.15) is 10.5 Å². The average Bonchev–Trinajstić information content (AvgIpc) is 2.77. The first kappa shape index (κ1) is 20.7. The van der Waals surface area contributed by atoms with E-state index in [2.05, 4.69) is 11.4 Å². The zero-order valence-electron chi connectivity index (χ0n) is 15.8. The molecule has 0 radical (unpaired) electrons. The van der Waals surface area contributed by atoms with Gasteiger partial charge in [0, 0.05) is 16.3 Å². The molecule has 0 spiro atoms. The number of carbonyl (C=O) groups is 1. The summed E-state index contributed by atoms with van der Waals surface area (Å²) in [7, 11) is 0. The molecule has 0 saturated carbocycles. The summed E-state index contributed by atoms with van der Waals surface area (Å²) >= 11 is 6.10. The number of carbonyl (C=O) groups excluding carboxylic acids is 1. The summed E-state index contributed by atoms with van der Waals surface area (Å²) in [4.78, 5) is 12.5. The first-order chi connectivity index (χ1) is 14.6. The fourth-order valence-electron chi connectivity index (χ4n) is 2.62. The van der Waals surface area contributed by atoms with Crippen LogP contribution in [-0.2, 0) is 11.4 Å². The highest BCUT2D eigenvalue weighted by Crippen LogP contribution is 2.26. The summed E-state index contributed by atoms with van der Waals surface area (Å²) in [5.41, 5.74) is 2.46. The summed E-state index contributed by atoms with van der Waals surface area (Å²) in [6, 6.07) is 24.9. The molecule has 5 nitrogen and oxygen atoms in total. The number of para-hydroxylation sites is 1. The van der Waals surface area contributed by atoms with Gasteiger partial charge in [0.2, 0.25) is 0 Å². The molecular formula is C24H16ClN3O2. The number of halogens is 1. The van der Waals surface area contributed by atoms with E-state index in [4.69, 9.17) is 21.6 Å². The Hall–Kier alpha value is -4.06. The molecule has 1 amide bonds. The lowest BCUT2D eigenvalue weighted by Gasteiger charge is -2.11. The van der Waals surface area contributed by atoms with Crippen molar-refractivity contribution in [2.24, 2.45) is 0 Å². The van der Waals surface area contributed by atoms with Crippen molar-refractivity contribution in [3.05, 3.63) is 100 Å². The Bertz CT molecular complexity index is 1160. The summed E-state index contributed by atoms with van der Waals surface area (Å²) in [5, 5.41) is 21.5. The first-order valence-electron chi connectivity index (χ1n) is 8.98. The van der Waals surface area contributed by atoms with Crippen LogP contribution in [0.2, 0.25) is 5.02 Å². The lowest BCUT2D eigenvalue weighted by Crippen LogP contribution is -2.13. The van der Waals surface area contributed by atoms with E-state index in [9.17, 15) is 10.1 Å². The van der Waals surface area contributed by atoms with E-state index in [1.165, 1.54) is 6.08 Å². The van der Waals surface area contributed by atoms with Crippen LogP contribution in [0, 0.1) is 22.7 Å². The maximum Gasteiger partial charge on any atom is 0.266 e. The summed E-state index contributed by atoms with van der Waals surface area (Å²) in [6.45, 7) is 0.256. The quantitative estimate of drug-likeness (QED) is 0.436. The van der Waals surface area contributed by atoms with Crippen molar-refractivity contribution in [2.45, 2.75) is 6.61 Å². The van der Waals surface area contributed by atoms with E-state index in [-0.39, 0.29) is 12.2 Å². The van der Waals surface area contributed by atoms with Gasteiger partial charge in [-0.1, -0.05) is 41.9 Å². The van der Waals surface area contributed by atoms with Crippen LogP contribution in [0.3, 0.4) is 0 Å². The van der Waals surface area contributed by atoms with Gasteiger partial charge in [-0.05, 0) is 54.1 Å². The van der Waals surface area contributed by atoms with Crippen LogP contribution >= 0.6 is 11.6 Å². The van der Waals surface area contributed by atoms with Crippen molar-refractivity contribution < 1.29 is 9.53 Å². The molecule has 0 aliphatic rings. The molecule has 146 valence electrons. The Morgan fingerprint density at radius 1 is 1.03 bits per heavy atom. The van der Waals surface area contributed by atoms with Crippen LogP contribution < -0.4 is 10.1 Å². The second-order valence-electron chi connectivity index (χ2n) is 6.27. The minimum Gasteiger partial charge on any atom is -0.488 e. The number of hydrogen-bond acceptors (Lipinski definition) is 4. The number of benzene rings is 3. The zero-order chi connectivity index (χ0) is 21.3. The molecule has 0 aliphatic carbocycles. The van der Waals surface area contributed by atoms with Gasteiger partial charge in [-0.15, -0.1) is 0 Å². The minimum absolute atomic E-state index is 0.0793. The van der Waals surface area contributed by atoms with E-state index in [1.807, 2.05) is 12.1 Å². The first-order valence-corrected chi connectivity index (χ1v) is 9.36. The molecule has 0 heterocycles. The van der Waals surface area contributed by atoms with Crippen molar-refractivity contribution in [2.75, 3.05) is 5.32 Å². The van der Waals surface area contributed by atoms with E-state index in [0.29, 0.717) is 27.6 Å². The minimum atomic E-state index is -0.526. The molecule has 0 bridgehead atoms. The van der Waals surface area contributed by atoms with Crippen LogP contribution in [0.5, 0.6) is 5.75 Å². The van der Waals surface area contributed by atoms with Gasteiger partial charge in [0.15, 0.2) is 0 Å². The number of hydrogen-bond donors (Lipinski definition) is 1. The van der Waals surface area contributed by atoms with Gasteiger partial charge in [0.25, 0.3) is 5.91 Å². The lowest BCUT2D eigenvalue weighted by atomic mass is 10.1. The molecule has 0 saturated heterocycles. The van der Waals surface area contributed by atoms with Crippen molar-refractivity contribution in [3.8, 4) is 17.9 Å². The molecule has 0 fully saturated rings. The highest BCUT2D eigenvalue weighted by Gasteiger charge is 2.12. The second kappa shape index (κ2) is 9.93. The number of nitrogens with zero attached hydrogens (tertiary/aromatic N) is 2. The van der Waals surface area contributed by atoms with Crippen molar-refractivity contribution >= 4 is 29.3 Å². The molecule has 1 N–H and O–H groups in total. The Labute approximate surface area is 179 Å². The van der Waals surface area contributed by atoms with Crippen LogP contribution in [0.25, 0.3) is 6.08 Å². The third-order valence-corrected chi connectivity index (χ3v) is 4.38. The van der Waals surface area contributed by atoms with Crippen LogP contribution in [0.15, 0.2) is 78.4 Å². The Balaban J connectivity index is 1.81. The number of nitrogens with one attached hydrogen (secondary N) is 1. The van der Waals surface area contributed by atoms with Gasteiger partial charge in [-0.25, -0.2) is 0 Å². The van der Waals surface area contributed by atoms with Crippen LogP contribution in [0.4, 0.5) is 5.69 Å². The second-order valence-corrected chi connectivity index (χ2v) is 6.71. The molecule has 0 atom stereocenters. The summed E-state index contributed by atoms with van der Waals surface area (Å²) in [5.74, 6) is -0.0502. The van der Waals surface area contributed by atoms with Gasteiger partial charge in [0.1, 0.15) is 24.0 Å². The molecule has 0 aliphatic heterocycles. The highest BCUT2D eigenvalue weighted by atomic mass is 35.5. The van der Waals surface area contributed by atoms with Gasteiger partial charge < -0.3 is 10.1 Å². The maximum absolute atomic E-state index is 12.5. The normalized spacial score (nSPS) is 10.6. The smallest absolute Gasteiger partial charge is 0.266 e. The summed E-state index contributed by atoms with van der Waals surface area (Å²) < 4.78 is 5.87. The number of ether oxygens (including phenoxy) is 1. The molecular weight excluding hydrogens is 398 g/mol. The Morgan fingerprint density at radius 3 is 2.43 bits per heavy atom. The fraction of sp³-hybridized carbons (Fsp3) is 0.0417. The topological polar surface area (TPSA) is 85.9 Å². The molecule has 3 aromatic carbocycles. The number of amides is 1. The molecule has 0 unspecified atom stereocenters. The average molecular weight is 414 g/mol. The molecule has 3 rings (SSSR count). The highest BCUT2D eigenvalue weighted by molar-refractivity contribution is 6.30. The van der Waals surface area contributed by atoms with Gasteiger partial charge in [0.05, 0.1) is 11.6 Å². The fourth-order valence-corrected chi connectivity index (χ4v) is 2.80. The van der Waals surface area contributed by atoms with E-state index < -0.39 is 5.91 Å². The van der Waals surface area contributed by atoms with E-state index in [0.717, 1.165) is 5.56 Å². The van der Waals surface area contributed by atoms with Gasteiger partial charge in [-0.3, -0.25) is 4.79 Å². The van der Waals surface area contributed by atoms with Crippen molar-refractivity contribution in [1.29, 1.82) is 10.5 Å². The van der Waals surface area contributed by atoms with Gasteiger partial charge >= 0.3 is 0 Å². The Kier molecular flexibility index (Phi) is 6.84. The third-order valence-electron chi connectivity index (χ3n) is 4.15. The predicted octanol–water partition coefficient (Wildman–Crippen LogP) is 5.34. The van der Waals surface area contributed by atoms with Crippen LogP contribution in [0.1, 0.15) is 16.7 Å².